The van der Waals surface area contributed by atoms with Crippen LogP contribution in [-0.4, -0.2) is 41.4 Å². The molecule has 0 saturated heterocycles. The lowest BCUT2D eigenvalue weighted by Crippen LogP contribution is -2.44. The number of aromatic nitrogens is 2. The van der Waals surface area contributed by atoms with Crippen molar-refractivity contribution in [3.05, 3.63) is 41.6 Å². The number of benzene rings is 1. The van der Waals surface area contributed by atoms with Crippen LogP contribution >= 0.6 is 0 Å². The van der Waals surface area contributed by atoms with Gasteiger partial charge in [0.15, 0.2) is 0 Å². The van der Waals surface area contributed by atoms with E-state index in [1.165, 1.54) is 11.8 Å². The molecule has 126 valence electrons. The topological polar surface area (TPSA) is 94.2 Å². The standard InChI is InChI=1S/C17H21N5O2/c18-16(23)14-8-21-22-9-11(7-20-17(14)22)6-19-13-5-12-3-1-2-4-15(12)24-10-13/h1-4,8,11,13,19-20H,5-7,9-10H2,(H2,18,23). The number of nitrogens with one attached hydrogen (secondary N) is 2. The number of nitrogens with zero attached hydrogens (tertiary/aromatic N) is 2. The SMILES string of the molecule is NC(=O)c1cnn2c1NCC(CNC1COc3ccccc3C1)C2. The first kappa shape index (κ1) is 15.0. The van der Waals surface area contributed by atoms with E-state index in [1.807, 2.05) is 22.9 Å². The van der Waals surface area contributed by atoms with Crippen molar-refractivity contribution in [2.45, 2.75) is 19.0 Å². The molecule has 3 heterocycles. The van der Waals surface area contributed by atoms with Gasteiger partial charge in [0, 0.05) is 31.6 Å². The summed E-state index contributed by atoms with van der Waals surface area (Å²) in [6, 6.07) is 8.51. The average molecular weight is 327 g/mol. The summed E-state index contributed by atoms with van der Waals surface area (Å²) in [6.45, 7) is 3.13. The fraction of sp³-hybridized carbons (Fsp3) is 0.412. The van der Waals surface area contributed by atoms with Crippen molar-refractivity contribution in [2.24, 2.45) is 11.7 Å². The molecule has 24 heavy (non-hydrogen) atoms. The zero-order valence-electron chi connectivity index (χ0n) is 13.4. The van der Waals surface area contributed by atoms with Gasteiger partial charge in [-0.1, -0.05) is 18.2 Å². The Balaban J connectivity index is 1.34. The molecular formula is C17H21N5O2. The Kier molecular flexibility index (Phi) is 3.86. The Bertz CT molecular complexity index is 757. The molecule has 1 amide bonds. The number of ether oxygens (including phenoxy) is 1. The van der Waals surface area contributed by atoms with Crippen LogP contribution in [0.2, 0.25) is 0 Å². The predicted molar refractivity (Wildman–Crippen MR) is 90.2 cm³/mol. The number of rotatable bonds is 4. The van der Waals surface area contributed by atoms with Gasteiger partial charge in [0.25, 0.3) is 5.91 Å². The number of anilines is 1. The molecule has 7 nitrogen and oxygen atoms in total. The fourth-order valence-corrected chi connectivity index (χ4v) is 3.37. The van der Waals surface area contributed by atoms with Crippen LogP contribution in [-0.2, 0) is 13.0 Å². The van der Waals surface area contributed by atoms with Gasteiger partial charge in [0.05, 0.1) is 6.20 Å². The summed E-state index contributed by atoms with van der Waals surface area (Å²) in [4.78, 5) is 11.4. The van der Waals surface area contributed by atoms with Gasteiger partial charge >= 0.3 is 0 Å². The van der Waals surface area contributed by atoms with E-state index >= 15 is 0 Å². The molecule has 1 aromatic carbocycles. The van der Waals surface area contributed by atoms with Gasteiger partial charge in [0.1, 0.15) is 23.7 Å². The third-order valence-corrected chi connectivity index (χ3v) is 4.67. The Hall–Kier alpha value is -2.54. The normalized spacial score (nSPS) is 22.0. The fourth-order valence-electron chi connectivity index (χ4n) is 3.37. The third-order valence-electron chi connectivity index (χ3n) is 4.67. The van der Waals surface area contributed by atoms with Gasteiger partial charge < -0.3 is 21.1 Å². The molecule has 2 aliphatic heterocycles. The van der Waals surface area contributed by atoms with Crippen molar-refractivity contribution in [3.8, 4) is 5.75 Å². The molecule has 0 radical (unpaired) electrons. The van der Waals surface area contributed by atoms with Crippen LogP contribution in [0.25, 0.3) is 0 Å². The summed E-state index contributed by atoms with van der Waals surface area (Å²) in [5.74, 6) is 1.68. The van der Waals surface area contributed by atoms with Gasteiger partial charge in [-0.25, -0.2) is 4.68 Å². The number of primary amides is 1. The maximum atomic E-state index is 11.4. The molecule has 2 aromatic rings. The summed E-state index contributed by atoms with van der Waals surface area (Å²) < 4.78 is 7.64. The minimum atomic E-state index is -0.446. The van der Waals surface area contributed by atoms with Crippen molar-refractivity contribution in [1.82, 2.24) is 15.1 Å². The maximum Gasteiger partial charge on any atom is 0.254 e. The number of amides is 1. The first-order chi connectivity index (χ1) is 11.7. The molecule has 4 N–H and O–H groups in total. The van der Waals surface area contributed by atoms with Crippen LogP contribution in [0.5, 0.6) is 5.75 Å². The maximum absolute atomic E-state index is 11.4. The molecule has 0 bridgehead atoms. The summed E-state index contributed by atoms with van der Waals surface area (Å²) in [5.41, 5.74) is 7.06. The van der Waals surface area contributed by atoms with Crippen LogP contribution in [0.4, 0.5) is 5.82 Å². The largest absolute Gasteiger partial charge is 0.492 e. The third kappa shape index (κ3) is 2.82. The van der Waals surface area contributed by atoms with E-state index in [4.69, 9.17) is 10.5 Å². The van der Waals surface area contributed by atoms with Gasteiger partial charge in [-0.2, -0.15) is 5.10 Å². The highest BCUT2D eigenvalue weighted by Gasteiger charge is 2.25. The van der Waals surface area contributed by atoms with Crippen molar-refractivity contribution in [2.75, 3.05) is 25.0 Å². The molecule has 2 aliphatic rings. The first-order valence-corrected chi connectivity index (χ1v) is 8.24. The van der Waals surface area contributed by atoms with Gasteiger partial charge in [0.2, 0.25) is 0 Å². The molecule has 0 fully saturated rings. The van der Waals surface area contributed by atoms with Gasteiger partial charge in [-0.05, 0) is 18.1 Å². The number of fused-ring (bicyclic) bond motifs is 2. The van der Waals surface area contributed by atoms with E-state index < -0.39 is 5.91 Å². The Morgan fingerprint density at radius 2 is 2.33 bits per heavy atom. The molecule has 0 spiro atoms. The molecule has 2 unspecified atom stereocenters. The van der Waals surface area contributed by atoms with Crippen LogP contribution in [0.3, 0.4) is 0 Å². The Morgan fingerprint density at radius 3 is 3.21 bits per heavy atom. The van der Waals surface area contributed by atoms with E-state index in [9.17, 15) is 4.79 Å². The molecular weight excluding hydrogens is 306 g/mol. The second-order valence-corrected chi connectivity index (χ2v) is 6.43. The molecule has 2 atom stereocenters. The number of carbonyl (C=O) groups excluding carboxylic acids is 1. The van der Waals surface area contributed by atoms with Crippen molar-refractivity contribution in [3.63, 3.8) is 0 Å². The van der Waals surface area contributed by atoms with E-state index in [0.717, 1.165) is 37.6 Å². The zero-order chi connectivity index (χ0) is 16.5. The average Bonchev–Trinajstić information content (AvgIpc) is 3.03. The number of hydrogen-bond acceptors (Lipinski definition) is 5. The van der Waals surface area contributed by atoms with E-state index in [-0.39, 0.29) is 0 Å². The minimum Gasteiger partial charge on any atom is -0.492 e. The number of carbonyl (C=O) groups is 1. The summed E-state index contributed by atoms with van der Waals surface area (Å²) >= 11 is 0. The second-order valence-electron chi connectivity index (χ2n) is 6.43. The lowest BCUT2D eigenvalue weighted by atomic mass is 10.0. The van der Waals surface area contributed by atoms with E-state index in [0.29, 0.717) is 24.1 Å². The highest BCUT2D eigenvalue weighted by Crippen LogP contribution is 2.24. The Labute approximate surface area is 140 Å². The predicted octanol–water partition coefficient (Wildman–Crippen LogP) is 0.617. The van der Waals surface area contributed by atoms with Crippen molar-refractivity contribution < 1.29 is 9.53 Å². The lowest BCUT2D eigenvalue weighted by Gasteiger charge is -2.30. The highest BCUT2D eigenvalue weighted by atomic mass is 16.5. The van der Waals surface area contributed by atoms with E-state index in [1.54, 1.807) is 0 Å². The monoisotopic (exact) mass is 327 g/mol. The number of nitrogens with two attached hydrogens (primary N) is 1. The van der Waals surface area contributed by atoms with Crippen LogP contribution in [0, 0.1) is 5.92 Å². The van der Waals surface area contributed by atoms with Crippen molar-refractivity contribution in [1.29, 1.82) is 0 Å². The molecule has 1 aromatic heterocycles. The zero-order valence-corrected chi connectivity index (χ0v) is 13.4. The summed E-state index contributed by atoms with van der Waals surface area (Å²) in [5, 5.41) is 11.1. The molecule has 7 heteroatoms. The van der Waals surface area contributed by atoms with Crippen LogP contribution < -0.4 is 21.1 Å². The molecule has 0 aliphatic carbocycles. The molecule has 0 saturated carbocycles. The van der Waals surface area contributed by atoms with Crippen LogP contribution in [0.1, 0.15) is 15.9 Å². The Morgan fingerprint density at radius 1 is 1.46 bits per heavy atom. The van der Waals surface area contributed by atoms with Gasteiger partial charge in [-0.15, -0.1) is 0 Å². The first-order valence-electron chi connectivity index (χ1n) is 8.24. The lowest BCUT2D eigenvalue weighted by molar-refractivity contribution is 0.100. The smallest absolute Gasteiger partial charge is 0.254 e. The summed E-state index contributed by atoms with van der Waals surface area (Å²) in [7, 11) is 0. The van der Waals surface area contributed by atoms with Crippen molar-refractivity contribution >= 4 is 11.7 Å². The summed E-state index contributed by atoms with van der Waals surface area (Å²) in [6.07, 6.45) is 2.52. The highest BCUT2D eigenvalue weighted by molar-refractivity contribution is 5.97. The number of hydrogen-bond donors (Lipinski definition) is 3. The quantitative estimate of drug-likeness (QED) is 0.765. The van der Waals surface area contributed by atoms with E-state index in [2.05, 4.69) is 21.8 Å². The second kappa shape index (κ2) is 6.16. The van der Waals surface area contributed by atoms with Crippen LogP contribution in [0.15, 0.2) is 30.5 Å². The van der Waals surface area contributed by atoms with Gasteiger partial charge in [-0.3, -0.25) is 4.79 Å². The number of para-hydroxylation sites is 1. The molecule has 4 rings (SSSR count). The minimum absolute atomic E-state index is 0.320.